The summed E-state index contributed by atoms with van der Waals surface area (Å²) < 4.78 is 0. The van der Waals surface area contributed by atoms with Gasteiger partial charge in [-0.25, -0.2) is 0 Å². The molecule has 0 rings (SSSR count). The summed E-state index contributed by atoms with van der Waals surface area (Å²) in [4.78, 5) is 9.61. The van der Waals surface area contributed by atoms with Crippen LogP contribution in [0.15, 0.2) is 9.98 Å². The molecule has 0 bridgehead atoms. The number of nitrogens with zero attached hydrogens (tertiary/aromatic N) is 4. The zero-order valence-electron chi connectivity index (χ0n) is 11.7. The Bertz CT molecular complexity index is 311. The summed E-state index contributed by atoms with van der Waals surface area (Å²) in [5, 5.41) is 13.3. The van der Waals surface area contributed by atoms with Crippen LogP contribution in [0.4, 0.5) is 0 Å². The molecule has 8 N–H and O–H groups in total. The van der Waals surface area contributed by atoms with Crippen LogP contribution in [-0.2, 0) is 19.5 Å². The standard InChI is InChI=1S/2C4H10N5.Zn/c2*1-9(2)4(7)8-3(5)6;/h2*1-2H3,(H4-,5,6,7,8);/q2*-1;+2. The summed E-state index contributed by atoms with van der Waals surface area (Å²) in [5.74, 6) is -0.701. The Balaban J connectivity index is -0.000000256. The molecule has 0 aliphatic carbocycles. The number of nitrogens with one attached hydrogen (secondary N) is 4. The first kappa shape index (κ1) is 22.3. The maximum Gasteiger partial charge on any atom is 2.00 e. The molecular weight excluding hydrogens is 302 g/mol. The third-order valence-electron chi connectivity index (χ3n) is 1.30. The van der Waals surface area contributed by atoms with Crippen LogP contribution in [0.1, 0.15) is 0 Å². The first-order valence-electron chi connectivity index (χ1n) is 4.71. The van der Waals surface area contributed by atoms with Crippen LogP contribution in [0.2, 0.25) is 0 Å². The van der Waals surface area contributed by atoms with Crippen LogP contribution in [0.3, 0.4) is 0 Å². The number of nitrogens with two attached hydrogens (primary N) is 2. The zero-order chi connectivity index (χ0) is 14.9. The van der Waals surface area contributed by atoms with E-state index in [9.17, 15) is 0 Å². The predicted octanol–water partition coefficient (Wildman–Crippen LogP) is -0.303. The molecule has 0 spiro atoms. The van der Waals surface area contributed by atoms with Crippen molar-refractivity contribution in [2.24, 2.45) is 21.5 Å². The number of rotatable bonds is 0. The van der Waals surface area contributed by atoms with Crippen LogP contribution in [0.25, 0.3) is 11.5 Å². The van der Waals surface area contributed by atoms with E-state index in [-0.39, 0.29) is 43.3 Å². The second kappa shape index (κ2) is 11.2. The Kier molecular flexibility index (Phi) is 13.2. The van der Waals surface area contributed by atoms with E-state index in [2.05, 4.69) is 9.98 Å². The molecule has 19 heavy (non-hydrogen) atoms. The molecule has 11 heteroatoms. The first-order chi connectivity index (χ1) is 8.07. The average molecular weight is 322 g/mol. The smallest absolute Gasteiger partial charge is 0.432 e. The Hall–Kier alpha value is -1.90. The largest absolute Gasteiger partial charge is 2.00 e. The molecule has 0 aromatic heterocycles. The van der Waals surface area contributed by atoms with Gasteiger partial charge in [-0.2, -0.15) is 0 Å². The summed E-state index contributed by atoms with van der Waals surface area (Å²) in [6.07, 6.45) is 0. The van der Waals surface area contributed by atoms with Gasteiger partial charge in [0.1, 0.15) is 11.9 Å². The molecule has 0 amide bonds. The minimum atomic E-state index is -0.339. The van der Waals surface area contributed by atoms with Crippen molar-refractivity contribution >= 4 is 23.8 Å². The molecule has 0 aliphatic heterocycles. The first-order valence-corrected chi connectivity index (χ1v) is 4.71. The second-order valence-corrected chi connectivity index (χ2v) is 3.43. The number of guanidine groups is 4. The van der Waals surface area contributed by atoms with Crippen LogP contribution >= 0.6 is 0 Å². The summed E-state index contributed by atoms with van der Waals surface area (Å²) in [7, 11) is 6.65. The van der Waals surface area contributed by atoms with Gasteiger partial charge in [-0.05, 0) is 28.2 Å². The Morgan fingerprint density at radius 2 is 1.05 bits per heavy atom. The van der Waals surface area contributed by atoms with Crippen molar-refractivity contribution in [1.82, 2.24) is 9.80 Å². The molecule has 0 atom stereocenters. The maximum atomic E-state index is 7.01. The minimum Gasteiger partial charge on any atom is -0.432 e. The molecule has 0 unspecified atom stereocenters. The molecule has 0 radical (unpaired) electrons. The summed E-state index contributed by atoms with van der Waals surface area (Å²) in [6.45, 7) is 0. The normalized spacial score (nSPS) is 10.5. The average Bonchev–Trinajstić information content (AvgIpc) is 2.16. The third kappa shape index (κ3) is 16.1. The van der Waals surface area contributed by atoms with Gasteiger partial charge >= 0.3 is 19.5 Å². The van der Waals surface area contributed by atoms with Crippen molar-refractivity contribution in [2.75, 3.05) is 28.2 Å². The van der Waals surface area contributed by atoms with Gasteiger partial charge in [-0.1, -0.05) is 0 Å². The van der Waals surface area contributed by atoms with Gasteiger partial charge in [-0.3, -0.25) is 10.8 Å². The van der Waals surface area contributed by atoms with Crippen LogP contribution in [-0.4, -0.2) is 61.8 Å². The van der Waals surface area contributed by atoms with E-state index in [4.69, 9.17) is 33.8 Å². The van der Waals surface area contributed by atoms with E-state index in [0.717, 1.165) is 0 Å². The number of hydrogen-bond acceptors (Lipinski definition) is 2. The Morgan fingerprint density at radius 3 is 1.11 bits per heavy atom. The fraction of sp³-hybridized carbons (Fsp3) is 0.500. The molecular formula is C8H20N10Zn. The number of aliphatic imine (C=N–C) groups is 2. The van der Waals surface area contributed by atoms with E-state index in [1.54, 1.807) is 28.2 Å². The van der Waals surface area contributed by atoms with Crippen LogP contribution in [0, 0.1) is 10.8 Å². The van der Waals surface area contributed by atoms with E-state index < -0.39 is 0 Å². The van der Waals surface area contributed by atoms with Crippen molar-refractivity contribution in [3.05, 3.63) is 11.5 Å². The van der Waals surface area contributed by atoms with Gasteiger partial charge in [0.25, 0.3) is 0 Å². The summed E-state index contributed by atoms with van der Waals surface area (Å²) in [5.41, 5.74) is 23.8. The fourth-order valence-electron chi connectivity index (χ4n) is 0.428. The van der Waals surface area contributed by atoms with Gasteiger partial charge < -0.3 is 42.7 Å². The third-order valence-corrected chi connectivity index (χ3v) is 1.30. The van der Waals surface area contributed by atoms with Gasteiger partial charge in [0.15, 0.2) is 0 Å². The fourth-order valence-corrected chi connectivity index (χ4v) is 0.428. The van der Waals surface area contributed by atoms with E-state index in [0.29, 0.717) is 0 Å². The monoisotopic (exact) mass is 320 g/mol. The quantitative estimate of drug-likeness (QED) is 0.272. The maximum absolute atomic E-state index is 7.01. The zero-order valence-corrected chi connectivity index (χ0v) is 14.6. The Labute approximate surface area is 125 Å². The molecule has 0 aliphatic rings. The van der Waals surface area contributed by atoms with Crippen molar-refractivity contribution in [3.63, 3.8) is 0 Å². The van der Waals surface area contributed by atoms with Gasteiger partial charge in [0, 0.05) is 11.9 Å². The SMILES string of the molecule is CN(C)/C([NH-])=N/C(=N)N.CN(C)/C([NH-])=N/C(=N)N.[Zn+2]. The molecule has 0 aromatic rings. The predicted molar refractivity (Wildman–Crippen MR) is 74.7 cm³/mol. The van der Waals surface area contributed by atoms with Crippen molar-refractivity contribution < 1.29 is 19.5 Å². The topological polar surface area (TPSA) is 179 Å². The van der Waals surface area contributed by atoms with Gasteiger partial charge in [0.2, 0.25) is 0 Å². The molecule has 0 fully saturated rings. The van der Waals surface area contributed by atoms with Crippen LogP contribution in [0.5, 0.6) is 0 Å². The number of hydrogen-bond donors (Lipinski definition) is 4. The van der Waals surface area contributed by atoms with E-state index >= 15 is 0 Å². The molecule has 104 valence electrons. The molecule has 10 nitrogen and oxygen atoms in total. The molecule has 0 aromatic carbocycles. The molecule has 0 saturated carbocycles. The van der Waals surface area contributed by atoms with Crippen molar-refractivity contribution in [1.29, 1.82) is 10.8 Å². The minimum absolute atomic E-state index is 0. The van der Waals surface area contributed by atoms with Crippen molar-refractivity contribution in [2.45, 2.75) is 0 Å². The van der Waals surface area contributed by atoms with Gasteiger partial charge in [-0.15, -0.1) is 0 Å². The van der Waals surface area contributed by atoms with Crippen LogP contribution < -0.4 is 11.5 Å². The van der Waals surface area contributed by atoms with Crippen molar-refractivity contribution in [3.8, 4) is 0 Å². The Morgan fingerprint density at radius 1 is 0.842 bits per heavy atom. The summed E-state index contributed by atoms with van der Waals surface area (Å²) >= 11 is 0. The molecule has 0 saturated heterocycles. The van der Waals surface area contributed by atoms with E-state index in [1.165, 1.54) is 9.80 Å². The summed E-state index contributed by atoms with van der Waals surface area (Å²) in [6, 6.07) is 0. The van der Waals surface area contributed by atoms with E-state index in [1.807, 2.05) is 0 Å². The molecule has 0 heterocycles. The van der Waals surface area contributed by atoms with Gasteiger partial charge in [0.05, 0.1) is 0 Å². The second-order valence-electron chi connectivity index (χ2n) is 3.43.